The average molecular weight is 729 g/mol. The van der Waals surface area contributed by atoms with E-state index in [9.17, 15) is 43.2 Å². The van der Waals surface area contributed by atoms with Crippen LogP contribution >= 0.6 is 0 Å². The van der Waals surface area contributed by atoms with Crippen LogP contribution in [-0.2, 0) is 43.2 Å². The van der Waals surface area contributed by atoms with E-state index in [0.29, 0.717) is 19.4 Å². The van der Waals surface area contributed by atoms with E-state index >= 15 is 0 Å². The lowest BCUT2D eigenvalue weighted by molar-refractivity contribution is -0.138. The second-order valence-electron chi connectivity index (χ2n) is 12.9. The minimum absolute atomic E-state index is 0.0415. The van der Waals surface area contributed by atoms with Crippen molar-refractivity contribution in [3.05, 3.63) is 0 Å². The van der Waals surface area contributed by atoms with Gasteiger partial charge in [-0.05, 0) is 57.4 Å². The summed E-state index contributed by atoms with van der Waals surface area (Å²) in [4.78, 5) is 111. The van der Waals surface area contributed by atoms with Crippen molar-refractivity contribution in [1.82, 2.24) is 37.2 Å². The molecule has 0 heterocycles. The largest absolute Gasteiger partial charge is 0.480 e. The Balaban J connectivity index is 5.50. The number of amides is 8. The van der Waals surface area contributed by atoms with E-state index in [1.807, 2.05) is 0 Å². The Bertz CT molecular complexity index is 1230. The first kappa shape index (κ1) is 46.1. The summed E-state index contributed by atoms with van der Waals surface area (Å²) in [5.41, 5.74) is 16.4. The average Bonchev–Trinajstić information content (AvgIpc) is 3.02. The number of carbonyl (C=O) groups excluding carboxylic acids is 8. The summed E-state index contributed by atoms with van der Waals surface area (Å²) in [6.07, 6.45) is 0.797. The van der Waals surface area contributed by atoms with Crippen molar-refractivity contribution < 1.29 is 48.3 Å². The van der Waals surface area contributed by atoms with Gasteiger partial charge in [-0.25, -0.2) is 0 Å². The van der Waals surface area contributed by atoms with Crippen LogP contribution in [0.3, 0.4) is 0 Å². The summed E-state index contributed by atoms with van der Waals surface area (Å²) < 4.78 is 0. The van der Waals surface area contributed by atoms with E-state index in [2.05, 4.69) is 37.2 Å². The third-order valence-corrected chi connectivity index (χ3v) is 7.01. The van der Waals surface area contributed by atoms with Crippen LogP contribution in [0.1, 0.15) is 73.1 Å². The highest BCUT2D eigenvalue weighted by atomic mass is 16.4. The Morgan fingerprint density at radius 1 is 0.569 bits per heavy atom. The second-order valence-corrected chi connectivity index (χ2v) is 12.9. The Morgan fingerprint density at radius 3 is 1.45 bits per heavy atom. The van der Waals surface area contributed by atoms with Crippen LogP contribution in [0.2, 0.25) is 0 Å². The summed E-state index contributed by atoms with van der Waals surface area (Å²) in [7, 11) is 0. The lowest BCUT2D eigenvalue weighted by Gasteiger charge is -2.24. The number of nitrogens with one attached hydrogen (secondary N) is 7. The molecule has 0 bridgehead atoms. The zero-order chi connectivity index (χ0) is 39.3. The molecule has 0 aliphatic heterocycles. The third-order valence-electron chi connectivity index (χ3n) is 7.01. The molecule has 0 saturated heterocycles. The van der Waals surface area contributed by atoms with Crippen molar-refractivity contribution >= 4 is 53.2 Å². The second kappa shape index (κ2) is 24.3. The van der Waals surface area contributed by atoms with E-state index in [1.54, 1.807) is 27.7 Å². The summed E-state index contributed by atoms with van der Waals surface area (Å²) in [6.45, 7) is 7.05. The van der Waals surface area contributed by atoms with Gasteiger partial charge in [0.05, 0.1) is 25.6 Å². The van der Waals surface area contributed by atoms with Gasteiger partial charge in [0.25, 0.3) is 0 Å². The molecule has 0 aromatic carbocycles. The molecule has 8 amide bonds. The molecule has 0 saturated carbocycles. The van der Waals surface area contributed by atoms with Crippen LogP contribution in [0.15, 0.2) is 0 Å². The number of unbranched alkanes of at least 4 members (excludes halogenated alkanes) is 1. The molecule has 14 N–H and O–H groups in total. The fraction of sp³-hybridized carbons (Fsp3) is 0.710. The molecule has 0 aliphatic carbocycles. The van der Waals surface area contributed by atoms with Gasteiger partial charge in [0, 0.05) is 0 Å². The number of hydrogen-bond donors (Lipinski definition) is 11. The summed E-state index contributed by atoms with van der Waals surface area (Å²) >= 11 is 0. The molecule has 0 fully saturated rings. The number of carbonyl (C=O) groups is 9. The van der Waals surface area contributed by atoms with E-state index < -0.39 is 109 Å². The predicted molar refractivity (Wildman–Crippen MR) is 184 cm³/mol. The number of hydrogen-bond acceptors (Lipinski definition) is 11. The molecule has 20 nitrogen and oxygen atoms in total. The maximum absolute atomic E-state index is 13.0. The SMILES string of the molecule is CC(C)C[C@H](NC(=O)CNC(=O)[C@H](CCCCN)NC(=O)CNC(=O)[C@H](CC(N)=O)NC(=O)[C@H](CC(C)C)NC(=O)[C@H](C)N)C(=O)NCC(=O)O. The molecule has 0 rings (SSSR count). The quantitative estimate of drug-likeness (QED) is 0.0399. The van der Waals surface area contributed by atoms with Crippen molar-refractivity contribution in [2.24, 2.45) is 29.0 Å². The molecule has 0 aliphatic rings. The highest BCUT2D eigenvalue weighted by Crippen LogP contribution is 2.07. The molecule has 0 aromatic heterocycles. The maximum Gasteiger partial charge on any atom is 0.322 e. The lowest BCUT2D eigenvalue weighted by atomic mass is 10.0. The minimum atomic E-state index is -1.50. The summed E-state index contributed by atoms with van der Waals surface area (Å²) in [6, 6.07) is -5.72. The Hall–Kier alpha value is -4.85. The summed E-state index contributed by atoms with van der Waals surface area (Å²) in [5.74, 6) is -7.63. The van der Waals surface area contributed by atoms with Gasteiger partial charge in [-0.1, -0.05) is 27.7 Å². The molecule has 290 valence electrons. The molecule has 51 heavy (non-hydrogen) atoms. The number of carboxylic acid groups (broad SMARTS) is 1. The number of rotatable bonds is 25. The minimum Gasteiger partial charge on any atom is -0.480 e. The molecule has 0 spiro atoms. The van der Waals surface area contributed by atoms with Gasteiger partial charge in [-0.3, -0.25) is 43.2 Å². The highest BCUT2D eigenvalue weighted by Gasteiger charge is 2.30. The Kier molecular flexibility index (Phi) is 22.0. The first-order chi connectivity index (χ1) is 23.8. The van der Waals surface area contributed by atoms with Crippen LogP contribution in [0, 0.1) is 11.8 Å². The third kappa shape index (κ3) is 21.1. The van der Waals surface area contributed by atoms with Crippen LogP contribution in [-0.4, -0.2) is 115 Å². The van der Waals surface area contributed by atoms with Crippen molar-refractivity contribution in [3.8, 4) is 0 Å². The van der Waals surface area contributed by atoms with Crippen molar-refractivity contribution in [2.45, 2.75) is 103 Å². The van der Waals surface area contributed by atoms with Gasteiger partial charge in [-0.15, -0.1) is 0 Å². The fourth-order valence-electron chi connectivity index (χ4n) is 4.51. The normalized spacial score (nSPS) is 13.8. The van der Waals surface area contributed by atoms with Gasteiger partial charge in [-0.2, -0.15) is 0 Å². The molecule has 5 atom stereocenters. The molecular formula is C31H56N10O10. The first-order valence-corrected chi connectivity index (χ1v) is 16.8. The Morgan fingerprint density at radius 2 is 1.00 bits per heavy atom. The number of nitrogens with two attached hydrogens (primary N) is 3. The van der Waals surface area contributed by atoms with Gasteiger partial charge < -0.3 is 59.5 Å². The van der Waals surface area contributed by atoms with E-state index in [1.165, 1.54) is 6.92 Å². The predicted octanol–water partition coefficient (Wildman–Crippen LogP) is -4.20. The topological polar surface area (TPSA) is 336 Å². The lowest BCUT2D eigenvalue weighted by Crippen LogP contribution is -2.57. The molecular weight excluding hydrogens is 672 g/mol. The van der Waals surface area contributed by atoms with E-state index in [0.717, 1.165) is 0 Å². The highest BCUT2D eigenvalue weighted by molar-refractivity contribution is 5.97. The zero-order valence-electron chi connectivity index (χ0n) is 30.0. The van der Waals surface area contributed by atoms with Gasteiger partial charge in [0.1, 0.15) is 30.7 Å². The van der Waals surface area contributed by atoms with E-state index in [-0.39, 0.29) is 31.1 Å². The van der Waals surface area contributed by atoms with E-state index in [4.69, 9.17) is 22.3 Å². The van der Waals surface area contributed by atoms with Crippen molar-refractivity contribution in [1.29, 1.82) is 0 Å². The van der Waals surface area contributed by atoms with Crippen LogP contribution < -0.4 is 54.4 Å². The van der Waals surface area contributed by atoms with Gasteiger partial charge in [0.2, 0.25) is 47.3 Å². The van der Waals surface area contributed by atoms with Crippen LogP contribution in [0.25, 0.3) is 0 Å². The van der Waals surface area contributed by atoms with Crippen LogP contribution in [0.5, 0.6) is 0 Å². The zero-order valence-corrected chi connectivity index (χ0v) is 30.0. The summed E-state index contributed by atoms with van der Waals surface area (Å²) in [5, 5.41) is 25.5. The fourth-order valence-corrected chi connectivity index (χ4v) is 4.51. The first-order valence-electron chi connectivity index (χ1n) is 16.8. The molecule has 0 aromatic rings. The maximum atomic E-state index is 13.0. The smallest absolute Gasteiger partial charge is 0.322 e. The van der Waals surface area contributed by atoms with Crippen molar-refractivity contribution in [3.63, 3.8) is 0 Å². The molecule has 0 radical (unpaired) electrons. The standard InChI is InChI=1S/C31H56N10O10/c1-16(2)10-20(29(49)37-15-26(45)46)39-25(44)14-35-28(48)19(8-6-7-9-32)38-24(43)13-36-30(50)22(12-23(34)42)41-31(51)21(11-17(3)4)40-27(47)18(5)33/h16-22H,6-15,32-33H2,1-5H3,(H2,34,42)(H,35,48)(H,36,50)(H,37,49)(H,38,43)(H,39,44)(H,40,47)(H,41,51)(H,45,46)/t18-,19-,20-,21-,22-/m0/s1. The van der Waals surface area contributed by atoms with Gasteiger partial charge >= 0.3 is 5.97 Å². The van der Waals surface area contributed by atoms with Crippen LogP contribution in [0.4, 0.5) is 0 Å². The van der Waals surface area contributed by atoms with Gasteiger partial charge in [0.15, 0.2) is 0 Å². The number of aliphatic carboxylic acids is 1. The monoisotopic (exact) mass is 728 g/mol. The Labute approximate surface area is 297 Å². The van der Waals surface area contributed by atoms with Crippen molar-refractivity contribution in [2.75, 3.05) is 26.2 Å². The molecule has 0 unspecified atom stereocenters. The number of carboxylic acids is 1. The number of primary amides is 1. The molecule has 20 heteroatoms.